The quantitative estimate of drug-likeness (QED) is 0.849. The van der Waals surface area contributed by atoms with Gasteiger partial charge >= 0.3 is 0 Å². The largest absolute Gasteiger partial charge is 0.297 e. The van der Waals surface area contributed by atoms with E-state index >= 15 is 0 Å². The SMILES string of the molecule is N#C[C@H](C(=O)[C@H]1C[C@@H]1c1ccc(Br)cc1)c1ccccn1. The summed E-state index contributed by atoms with van der Waals surface area (Å²) in [6.45, 7) is 0. The van der Waals surface area contributed by atoms with Gasteiger partial charge in [-0.15, -0.1) is 0 Å². The van der Waals surface area contributed by atoms with Gasteiger partial charge in [-0.2, -0.15) is 5.26 Å². The Bertz CT molecular complexity index is 691. The Labute approximate surface area is 131 Å². The first-order valence-electron chi connectivity index (χ1n) is 6.80. The molecule has 104 valence electrons. The molecular weight excluding hydrogens is 328 g/mol. The normalized spacial score (nSPS) is 21.3. The van der Waals surface area contributed by atoms with Crippen LogP contribution in [-0.2, 0) is 4.79 Å². The summed E-state index contributed by atoms with van der Waals surface area (Å²) < 4.78 is 1.03. The molecule has 1 aliphatic carbocycles. The fourth-order valence-corrected chi connectivity index (χ4v) is 2.89. The van der Waals surface area contributed by atoms with Crippen LogP contribution in [0.15, 0.2) is 53.1 Å². The van der Waals surface area contributed by atoms with E-state index in [0.29, 0.717) is 5.69 Å². The standard InChI is InChI=1S/C17H13BrN2O/c18-12-6-4-11(5-7-12)13-9-14(13)17(21)15(10-19)16-3-1-2-8-20-16/h1-8,13-15H,9H2/t13-,14+,15+/m1/s1. The third-order valence-corrected chi connectivity index (χ3v) is 4.38. The van der Waals surface area contributed by atoms with Crippen molar-refractivity contribution in [2.24, 2.45) is 5.92 Å². The van der Waals surface area contributed by atoms with Crippen LogP contribution in [0.4, 0.5) is 0 Å². The van der Waals surface area contributed by atoms with E-state index in [1.54, 1.807) is 24.4 Å². The van der Waals surface area contributed by atoms with Crippen molar-refractivity contribution in [1.82, 2.24) is 4.98 Å². The predicted molar refractivity (Wildman–Crippen MR) is 82.6 cm³/mol. The van der Waals surface area contributed by atoms with Crippen molar-refractivity contribution in [1.29, 1.82) is 5.26 Å². The van der Waals surface area contributed by atoms with Crippen LogP contribution in [0.1, 0.15) is 29.5 Å². The first-order valence-corrected chi connectivity index (χ1v) is 7.59. The van der Waals surface area contributed by atoms with E-state index in [9.17, 15) is 10.1 Å². The zero-order valence-corrected chi connectivity index (χ0v) is 12.8. The second kappa shape index (κ2) is 5.79. The summed E-state index contributed by atoms with van der Waals surface area (Å²) in [4.78, 5) is 16.7. The van der Waals surface area contributed by atoms with Crippen molar-refractivity contribution in [3.8, 4) is 6.07 Å². The van der Waals surface area contributed by atoms with Gasteiger partial charge in [0.05, 0.1) is 11.8 Å². The predicted octanol–water partition coefficient (Wildman–Crippen LogP) is 3.82. The van der Waals surface area contributed by atoms with E-state index in [4.69, 9.17) is 0 Å². The molecule has 2 aromatic rings. The third-order valence-electron chi connectivity index (χ3n) is 3.85. The molecule has 3 atom stereocenters. The summed E-state index contributed by atoms with van der Waals surface area (Å²) in [7, 11) is 0. The van der Waals surface area contributed by atoms with Gasteiger partial charge in [0.25, 0.3) is 0 Å². The number of aromatic nitrogens is 1. The number of hydrogen-bond acceptors (Lipinski definition) is 3. The number of ketones is 1. The molecule has 0 spiro atoms. The maximum atomic E-state index is 12.5. The highest BCUT2D eigenvalue weighted by molar-refractivity contribution is 9.10. The summed E-state index contributed by atoms with van der Waals surface area (Å²) in [5.74, 6) is -0.580. The first kappa shape index (κ1) is 14.0. The Kier molecular flexibility index (Phi) is 3.85. The van der Waals surface area contributed by atoms with Gasteiger partial charge in [0.2, 0.25) is 0 Å². The molecule has 0 N–H and O–H groups in total. The summed E-state index contributed by atoms with van der Waals surface area (Å²) in [5.41, 5.74) is 1.71. The summed E-state index contributed by atoms with van der Waals surface area (Å²) in [5, 5.41) is 9.30. The lowest BCUT2D eigenvalue weighted by molar-refractivity contribution is -0.120. The van der Waals surface area contributed by atoms with E-state index < -0.39 is 5.92 Å². The van der Waals surface area contributed by atoms with Crippen molar-refractivity contribution in [2.45, 2.75) is 18.3 Å². The molecule has 3 nitrogen and oxygen atoms in total. The molecule has 3 rings (SSSR count). The molecule has 0 aliphatic heterocycles. The van der Waals surface area contributed by atoms with Gasteiger partial charge in [0.1, 0.15) is 5.92 Å². The molecular formula is C17H13BrN2O. The van der Waals surface area contributed by atoms with Gasteiger partial charge < -0.3 is 0 Å². The highest BCUT2D eigenvalue weighted by Gasteiger charge is 2.46. The van der Waals surface area contributed by atoms with Crippen molar-refractivity contribution in [3.63, 3.8) is 0 Å². The Hall–Kier alpha value is -1.99. The average Bonchev–Trinajstić information content (AvgIpc) is 3.30. The van der Waals surface area contributed by atoms with Crippen LogP contribution in [-0.4, -0.2) is 10.8 Å². The van der Waals surface area contributed by atoms with Gasteiger partial charge in [-0.25, -0.2) is 0 Å². The van der Waals surface area contributed by atoms with Crippen LogP contribution < -0.4 is 0 Å². The van der Waals surface area contributed by atoms with Crippen LogP contribution in [0.25, 0.3) is 0 Å². The summed E-state index contributed by atoms with van der Waals surface area (Å²) in [6.07, 6.45) is 2.44. The number of carbonyl (C=O) groups excluding carboxylic acids is 1. The van der Waals surface area contributed by atoms with Crippen molar-refractivity contribution in [2.75, 3.05) is 0 Å². The second-order valence-electron chi connectivity index (χ2n) is 5.22. The highest BCUT2D eigenvalue weighted by atomic mass is 79.9. The fraction of sp³-hybridized carbons (Fsp3) is 0.235. The van der Waals surface area contributed by atoms with Gasteiger partial charge in [0, 0.05) is 16.6 Å². The molecule has 1 fully saturated rings. The van der Waals surface area contributed by atoms with E-state index in [-0.39, 0.29) is 17.6 Å². The zero-order chi connectivity index (χ0) is 14.8. The van der Waals surface area contributed by atoms with Crippen molar-refractivity contribution in [3.05, 3.63) is 64.4 Å². The monoisotopic (exact) mass is 340 g/mol. The lowest BCUT2D eigenvalue weighted by Crippen LogP contribution is -2.14. The number of carbonyl (C=O) groups is 1. The van der Waals surface area contributed by atoms with Gasteiger partial charge in [-0.3, -0.25) is 9.78 Å². The maximum Gasteiger partial charge on any atom is 0.159 e. The van der Waals surface area contributed by atoms with Crippen molar-refractivity contribution >= 4 is 21.7 Å². The molecule has 1 aliphatic rings. The van der Waals surface area contributed by atoms with Crippen LogP contribution in [0.3, 0.4) is 0 Å². The minimum absolute atomic E-state index is 0.0101. The van der Waals surface area contributed by atoms with Gasteiger partial charge in [0.15, 0.2) is 5.78 Å². The van der Waals surface area contributed by atoms with Crippen LogP contribution in [0, 0.1) is 17.2 Å². The number of hydrogen-bond donors (Lipinski definition) is 0. The number of nitrogens with zero attached hydrogens (tertiary/aromatic N) is 2. The first-order chi connectivity index (χ1) is 10.2. The Morgan fingerprint density at radius 2 is 2.05 bits per heavy atom. The smallest absolute Gasteiger partial charge is 0.159 e. The molecule has 1 saturated carbocycles. The number of Topliss-reactive ketones (excluding diaryl/α,β-unsaturated/α-hetero) is 1. The Balaban J connectivity index is 1.75. The average molecular weight is 341 g/mol. The summed E-state index contributed by atoms with van der Waals surface area (Å²) in [6, 6.07) is 15.5. The molecule has 0 saturated heterocycles. The Morgan fingerprint density at radius 3 is 2.67 bits per heavy atom. The van der Waals surface area contributed by atoms with Gasteiger partial charge in [-0.1, -0.05) is 34.1 Å². The van der Waals surface area contributed by atoms with E-state index in [1.165, 1.54) is 0 Å². The van der Waals surface area contributed by atoms with Crippen LogP contribution in [0.2, 0.25) is 0 Å². The lowest BCUT2D eigenvalue weighted by atomic mass is 9.95. The molecule has 1 heterocycles. The fourth-order valence-electron chi connectivity index (χ4n) is 2.62. The van der Waals surface area contributed by atoms with Crippen molar-refractivity contribution < 1.29 is 4.79 Å². The summed E-state index contributed by atoms with van der Waals surface area (Å²) >= 11 is 3.41. The highest BCUT2D eigenvalue weighted by Crippen LogP contribution is 2.50. The molecule has 21 heavy (non-hydrogen) atoms. The molecule has 4 heteroatoms. The van der Waals surface area contributed by atoms with E-state index in [1.807, 2.05) is 24.3 Å². The number of nitriles is 1. The Morgan fingerprint density at radius 1 is 1.29 bits per heavy atom. The number of benzene rings is 1. The number of rotatable bonds is 4. The van der Waals surface area contributed by atoms with Crippen LogP contribution >= 0.6 is 15.9 Å². The topological polar surface area (TPSA) is 53.8 Å². The van der Waals surface area contributed by atoms with Gasteiger partial charge in [-0.05, 0) is 42.2 Å². The van der Waals surface area contributed by atoms with E-state index in [0.717, 1.165) is 16.5 Å². The lowest BCUT2D eigenvalue weighted by Gasteiger charge is -2.07. The minimum Gasteiger partial charge on any atom is -0.297 e. The number of halogens is 1. The maximum absolute atomic E-state index is 12.5. The molecule has 1 aromatic heterocycles. The van der Waals surface area contributed by atoms with Crippen LogP contribution in [0.5, 0.6) is 0 Å². The van der Waals surface area contributed by atoms with E-state index in [2.05, 4.69) is 27.0 Å². The molecule has 0 bridgehead atoms. The molecule has 0 amide bonds. The number of pyridine rings is 1. The molecule has 0 unspecified atom stereocenters. The minimum atomic E-state index is -0.753. The molecule has 1 aromatic carbocycles. The zero-order valence-electron chi connectivity index (χ0n) is 11.2. The molecule has 0 radical (unpaired) electrons. The second-order valence-corrected chi connectivity index (χ2v) is 6.13. The third kappa shape index (κ3) is 2.88.